The van der Waals surface area contributed by atoms with Gasteiger partial charge in [0.25, 0.3) is 0 Å². The van der Waals surface area contributed by atoms with Crippen LogP contribution in [0.25, 0.3) is 0 Å². The van der Waals surface area contributed by atoms with Gasteiger partial charge in [0.15, 0.2) is 0 Å². The second-order valence-electron chi connectivity index (χ2n) is 7.95. The van der Waals surface area contributed by atoms with Crippen LogP contribution in [0.3, 0.4) is 0 Å². The number of hydrogen-bond acceptors (Lipinski definition) is 2. The summed E-state index contributed by atoms with van der Waals surface area (Å²) in [6, 6.07) is 0.105. The topological polar surface area (TPSA) is 55.1 Å². The van der Waals surface area contributed by atoms with Crippen molar-refractivity contribution in [2.24, 2.45) is 29.4 Å². The van der Waals surface area contributed by atoms with Crippen molar-refractivity contribution >= 4 is 5.91 Å². The van der Waals surface area contributed by atoms with E-state index in [0.29, 0.717) is 12.3 Å². The standard InChI is InChI=1S/C16H26N2O/c17-14(13-1-2-13)6-15(19)18-16-7-10-3-11(8-16)5-12(4-10)9-16/h10-14H,1-9,17H2,(H,18,19). The van der Waals surface area contributed by atoms with Crippen LogP contribution < -0.4 is 11.1 Å². The molecule has 3 heteroatoms. The lowest BCUT2D eigenvalue weighted by Crippen LogP contribution is -2.60. The Bertz CT molecular complexity index is 353. The number of nitrogens with one attached hydrogen (secondary N) is 1. The van der Waals surface area contributed by atoms with Gasteiger partial charge in [-0.2, -0.15) is 0 Å². The molecule has 0 spiro atoms. The summed E-state index contributed by atoms with van der Waals surface area (Å²) in [5.74, 6) is 3.53. The van der Waals surface area contributed by atoms with Crippen LogP contribution >= 0.6 is 0 Å². The molecule has 0 radical (unpaired) electrons. The van der Waals surface area contributed by atoms with Gasteiger partial charge in [-0.15, -0.1) is 0 Å². The van der Waals surface area contributed by atoms with Crippen molar-refractivity contribution in [2.45, 2.75) is 69.4 Å². The molecule has 4 bridgehead atoms. The minimum absolute atomic E-state index is 0.105. The SMILES string of the molecule is NC(CC(=O)NC12CC3CC(CC(C3)C1)C2)C1CC1. The molecule has 3 nitrogen and oxygen atoms in total. The van der Waals surface area contributed by atoms with E-state index in [1.807, 2.05) is 0 Å². The second kappa shape index (κ2) is 4.21. The monoisotopic (exact) mass is 262 g/mol. The van der Waals surface area contributed by atoms with E-state index in [1.165, 1.54) is 51.4 Å². The maximum absolute atomic E-state index is 12.3. The third kappa shape index (κ3) is 2.31. The first-order chi connectivity index (χ1) is 9.12. The molecule has 0 aromatic carbocycles. The zero-order valence-electron chi connectivity index (χ0n) is 11.7. The first-order valence-corrected chi connectivity index (χ1v) is 8.18. The summed E-state index contributed by atoms with van der Waals surface area (Å²) >= 11 is 0. The number of carbonyl (C=O) groups excluding carboxylic acids is 1. The van der Waals surface area contributed by atoms with Gasteiger partial charge in [0.05, 0.1) is 0 Å². The van der Waals surface area contributed by atoms with Crippen molar-refractivity contribution in [3.63, 3.8) is 0 Å². The highest BCUT2D eigenvalue weighted by atomic mass is 16.1. The fourth-order valence-electron chi connectivity index (χ4n) is 5.52. The summed E-state index contributed by atoms with van der Waals surface area (Å²) in [5, 5.41) is 3.42. The molecule has 106 valence electrons. The molecule has 0 aliphatic heterocycles. The molecule has 5 aliphatic carbocycles. The Hall–Kier alpha value is -0.570. The van der Waals surface area contributed by atoms with E-state index in [4.69, 9.17) is 5.73 Å². The number of amides is 1. The Balaban J connectivity index is 1.40. The summed E-state index contributed by atoms with van der Waals surface area (Å²) in [4.78, 5) is 12.3. The van der Waals surface area contributed by atoms with Crippen molar-refractivity contribution in [3.8, 4) is 0 Å². The second-order valence-corrected chi connectivity index (χ2v) is 7.95. The lowest BCUT2D eigenvalue weighted by atomic mass is 9.53. The molecule has 5 fully saturated rings. The molecule has 3 N–H and O–H groups in total. The quantitative estimate of drug-likeness (QED) is 0.816. The Morgan fingerprint density at radius 3 is 2.11 bits per heavy atom. The van der Waals surface area contributed by atoms with Gasteiger partial charge >= 0.3 is 0 Å². The fourth-order valence-corrected chi connectivity index (χ4v) is 5.52. The third-order valence-corrected chi connectivity index (χ3v) is 6.09. The molecular weight excluding hydrogens is 236 g/mol. The Labute approximate surface area is 115 Å². The lowest BCUT2D eigenvalue weighted by molar-refractivity contribution is -0.127. The average molecular weight is 262 g/mol. The summed E-state index contributed by atoms with van der Waals surface area (Å²) < 4.78 is 0. The molecule has 1 amide bonds. The maximum atomic E-state index is 12.3. The Kier molecular flexibility index (Phi) is 2.70. The van der Waals surface area contributed by atoms with Gasteiger partial charge in [0.2, 0.25) is 5.91 Å². The highest BCUT2D eigenvalue weighted by molar-refractivity contribution is 5.77. The maximum Gasteiger partial charge on any atom is 0.221 e. The molecule has 0 aromatic heterocycles. The van der Waals surface area contributed by atoms with Crippen molar-refractivity contribution in [1.29, 1.82) is 0 Å². The first kappa shape index (κ1) is 12.2. The fraction of sp³-hybridized carbons (Fsp3) is 0.938. The number of carbonyl (C=O) groups is 1. The Morgan fingerprint density at radius 2 is 1.63 bits per heavy atom. The predicted molar refractivity (Wildman–Crippen MR) is 74.4 cm³/mol. The van der Waals surface area contributed by atoms with E-state index in [9.17, 15) is 4.79 Å². The van der Waals surface area contributed by atoms with Gasteiger partial charge < -0.3 is 11.1 Å². The molecule has 1 atom stereocenters. The first-order valence-electron chi connectivity index (χ1n) is 8.18. The van der Waals surface area contributed by atoms with Gasteiger partial charge in [-0.05, 0) is 75.0 Å². The molecule has 1 unspecified atom stereocenters. The van der Waals surface area contributed by atoms with Crippen LogP contribution in [-0.4, -0.2) is 17.5 Å². The predicted octanol–water partition coefficient (Wildman–Crippen LogP) is 2.20. The minimum Gasteiger partial charge on any atom is -0.351 e. The minimum atomic E-state index is 0.105. The van der Waals surface area contributed by atoms with Gasteiger partial charge in [0.1, 0.15) is 0 Å². The van der Waals surface area contributed by atoms with Gasteiger partial charge in [0, 0.05) is 18.0 Å². The Morgan fingerprint density at radius 1 is 1.11 bits per heavy atom. The smallest absolute Gasteiger partial charge is 0.221 e. The van der Waals surface area contributed by atoms with Crippen LogP contribution in [0.15, 0.2) is 0 Å². The van der Waals surface area contributed by atoms with E-state index in [0.717, 1.165) is 17.8 Å². The number of rotatable bonds is 4. The van der Waals surface area contributed by atoms with E-state index in [2.05, 4.69) is 5.32 Å². The average Bonchev–Trinajstić information content (AvgIpc) is 3.08. The van der Waals surface area contributed by atoms with E-state index >= 15 is 0 Å². The van der Waals surface area contributed by atoms with Crippen LogP contribution in [-0.2, 0) is 4.79 Å². The largest absolute Gasteiger partial charge is 0.351 e. The van der Waals surface area contributed by atoms with Crippen LogP contribution in [0.5, 0.6) is 0 Å². The van der Waals surface area contributed by atoms with Crippen molar-refractivity contribution < 1.29 is 4.79 Å². The van der Waals surface area contributed by atoms with Gasteiger partial charge in [-0.25, -0.2) is 0 Å². The molecule has 0 heterocycles. The summed E-state index contributed by atoms with van der Waals surface area (Å²) in [7, 11) is 0. The lowest BCUT2D eigenvalue weighted by Gasteiger charge is -2.57. The van der Waals surface area contributed by atoms with E-state index in [-0.39, 0.29) is 17.5 Å². The van der Waals surface area contributed by atoms with Crippen LogP contribution in [0.2, 0.25) is 0 Å². The zero-order valence-corrected chi connectivity index (χ0v) is 11.7. The van der Waals surface area contributed by atoms with Crippen molar-refractivity contribution in [2.75, 3.05) is 0 Å². The molecule has 5 saturated carbocycles. The zero-order chi connectivity index (χ0) is 13.0. The highest BCUT2D eigenvalue weighted by Crippen LogP contribution is 2.55. The normalized spacial score (nSPS) is 45.2. The van der Waals surface area contributed by atoms with Crippen molar-refractivity contribution in [3.05, 3.63) is 0 Å². The molecule has 19 heavy (non-hydrogen) atoms. The highest BCUT2D eigenvalue weighted by Gasteiger charge is 2.51. The van der Waals surface area contributed by atoms with E-state index < -0.39 is 0 Å². The summed E-state index contributed by atoms with van der Waals surface area (Å²) in [6.07, 6.45) is 11.0. The van der Waals surface area contributed by atoms with Crippen LogP contribution in [0.4, 0.5) is 0 Å². The molecular formula is C16H26N2O. The third-order valence-electron chi connectivity index (χ3n) is 6.09. The molecule has 0 aromatic rings. The van der Waals surface area contributed by atoms with Crippen molar-refractivity contribution in [1.82, 2.24) is 5.32 Å². The van der Waals surface area contributed by atoms with Crippen LogP contribution in [0, 0.1) is 23.7 Å². The number of nitrogens with two attached hydrogens (primary N) is 1. The molecule has 0 saturated heterocycles. The van der Waals surface area contributed by atoms with E-state index in [1.54, 1.807) is 0 Å². The van der Waals surface area contributed by atoms with Gasteiger partial charge in [-0.3, -0.25) is 4.79 Å². The summed E-state index contributed by atoms with van der Waals surface area (Å²) in [5.41, 5.74) is 6.25. The number of hydrogen-bond donors (Lipinski definition) is 2. The molecule has 5 rings (SSSR count). The molecule has 5 aliphatic rings. The van der Waals surface area contributed by atoms with Gasteiger partial charge in [-0.1, -0.05) is 0 Å². The van der Waals surface area contributed by atoms with Crippen LogP contribution in [0.1, 0.15) is 57.8 Å². The summed E-state index contributed by atoms with van der Waals surface area (Å²) in [6.45, 7) is 0.